The molecule has 0 bridgehead atoms. The third kappa shape index (κ3) is 1.28. The lowest BCUT2D eigenvalue weighted by Gasteiger charge is -2.23. The lowest BCUT2D eigenvalue weighted by molar-refractivity contribution is -0.164. The van der Waals surface area contributed by atoms with Gasteiger partial charge in [-0.15, -0.1) is 0 Å². The number of hydrogen-bond donors (Lipinski definition) is 2. The average Bonchev–Trinajstić information content (AvgIpc) is 2.14. The van der Waals surface area contributed by atoms with E-state index < -0.39 is 11.9 Å². The highest BCUT2D eigenvalue weighted by Gasteiger charge is 2.48. The molecule has 1 aliphatic rings. The van der Waals surface area contributed by atoms with Crippen LogP contribution in [0.2, 0.25) is 0 Å². The molecule has 1 unspecified atom stereocenters. The first-order chi connectivity index (χ1) is 5.00. The van der Waals surface area contributed by atoms with E-state index in [1.807, 2.05) is 13.8 Å². The molecule has 0 aromatic heterocycles. The Hall–Kier alpha value is -0.120. The minimum Gasteiger partial charge on any atom is -0.384 e. The maximum atomic E-state index is 9.66. The number of aliphatic hydroxyl groups is 2. The van der Waals surface area contributed by atoms with Crippen LogP contribution >= 0.6 is 0 Å². The van der Waals surface area contributed by atoms with E-state index in [2.05, 4.69) is 0 Å². The summed E-state index contributed by atoms with van der Waals surface area (Å²) in [5.41, 5.74) is -1.08. The van der Waals surface area contributed by atoms with Crippen molar-refractivity contribution in [1.82, 2.24) is 0 Å². The van der Waals surface area contributed by atoms with Crippen molar-refractivity contribution in [3.05, 3.63) is 0 Å². The average molecular weight is 160 g/mol. The van der Waals surface area contributed by atoms with Gasteiger partial charge in [-0.05, 0) is 13.3 Å². The fourth-order valence-corrected chi connectivity index (χ4v) is 1.47. The van der Waals surface area contributed by atoms with Gasteiger partial charge in [-0.25, -0.2) is 0 Å². The van der Waals surface area contributed by atoms with E-state index in [0.717, 1.165) is 6.42 Å². The first-order valence-electron chi connectivity index (χ1n) is 4.06. The number of rotatable bonds is 1. The maximum absolute atomic E-state index is 9.66. The molecule has 0 aromatic carbocycles. The van der Waals surface area contributed by atoms with Gasteiger partial charge in [0.2, 0.25) is 0 Å². The van der Waals surface area contributed by atoms with Gasteiger partial charge in [0, 0.05) is 5.92 Å². The summed E-state index contributed by atoms with van der Waals surface area (Å²) >= 11 is 0. The van der Waals surface area contributed by atoms with Crippen molar-refractivity contribution in [2.24, 2.45) is 5.92 Å². The summed E-state index contributed by atoms with van der Waals surface area (Å²) in [7, 11) is 0. The molecule has 0 aromatic rings. The molecule has 3 heteroatoms. The van der Waals surface area contributed by atoms with Crippen molar-refractivity contribution in [3.63, 3.8) is 0 Å². The smallest absolute Gasteiger partial charge is 0.184 e. The molecule has 66 valence electrons. The molecule has 2 N–H and O–H groups in total. The fourth-order valence-electron chi connectivity index (χ4n) is 1.47. The van der Waals surface area contributed by atoms with Crippen molar-refractivity contribution < 1.29 is 14.9 Å². The van der Waals surface area contributed by atoms with Crippen molar-refractivity contribution in [1.29, 1.82) is 0 Å². The lowest BCUT2D eigenvalue weighted by atomic mass is 9.88. The van der Waals surface area contributed by atoms with Gasteiger partial charge in [-0.1, -0.05) is 13.8 Å². The first kappa shape index (κ1) is 8.97. The first-order valence-corrected chi connectivity index (χ1v) is 4.06. The zero-order valence-corrected chi connectivity index (χ0v) is 7.24. The van der Waals surface area contributed by atoms with Crippen LogP contribution < -0.4 is 0 Å². The predicted molar refractivity (Wildman–Crippen MR) is 41.0 cm³/mol. The minimum atomic E-state index is -1.08. The molecule has 1 saturated heterocycles. The van der Waals surface area contributed by atoms with Crippen LogP contribution in [-0.4, -0.2) is 28.2 Å². The Bertz CT molecular complexity index is 144. The molecule has 0 radical (unpaired) electrons. The molecule has 0 saturated carbocycles. The topological polar surface area (TPSA) is 49.7 Å². The van der Waals surface area contributed by atoms with Crippen molar-refractivity contribution >= 4 is 0 Å². The largest absolute Gasteiger partial charge is 0.384 e. The molecule has 0 aliphatic carbocycles. The quantitative estimate of drug-likeness (QED) is 0.587. The Morgan fingerprint density at radius 1 is 1.55 bits per heavy atom. The van der Waals surface area contributed by atoms with E-state index in [1.165, 1.54) is 0 Å². The summed E-state index contributed by atoms with van der Waals surface area (Å²) in [6, 6.07) is 0. The van der Waals surface area contributed by atoms with Crippen LogP contribution in [0, 0.1) is 5.92 Å². The zero-order valence-electron chi connectivity index (χ0n) is 7.24. The Morgan fingerprint density at radius 2 is 2.09 bits per heavy atom. The second kappa shape index (κ2) is 2.73. The van der Waals surface area contributed by atoms with Gasteiger partial charge in [0.05, 0.1) is 6.10 Å². The Morgan fingerprint density at radius 3 is 2.27 bits per heavy atom. The summed E-state index contributed by atoms with van der Waals surface area (Å²) in [5.74, 6) is 0.00231. The Kier molecular flexibility index (Phi) is 2.23. The van der Waals surface area contributed by atoms with E-state index in [9.17, 15) is 10.2 Å². The van der Waals surface area contributed by atoms with Gasteiger partial charge in [0.1, 0.15) is 5.60 Å². The maximum Gasteiger partial charge on any atom is 0.184 e. The summed E-state index contributed by atoms with van der Waals surface area (Å²) in [6.45, 7) is 5.48. The number of aliphatic hydroxyl groups excluding tert-OH is 1. The van der Waals surface area contributed by atoms with Gasteiger partial charge in [0.25, 0.3) is 0 Å². The zero-order chi connectivity index (χ0) is 8.65. The number of hydrogen-bond acceptors (Lipinski definition) is 3. The van der Waals surface area contributed by atoms with Crippen molar-refractivity contribution in [2.75, 3.05) is 0 Å². The van der Waals surface area contributed by atoms with Crippen LogP contribution in [0.3, 0.4) is 0 Å². The van der Waals surface area contributed by atoms with Gasteiger partial charge < -0.3 is 14.9 Å². The fraction of sp³-hybridized carbons (Fsp3) is 1.00. The van der Waals surface area contributed by atoms with Gasteiger partial charge in [0.15, 0.2) is 6.29 Å². The van der Waals surface area contributed by atoms with Gasteiger partial charge in [-0.2, -0.15) is 0 Å². The SMILES string of the molecule is CC[C@H]1OC(O)[C@@](C)(O)[C@@H]1C. The second-order valence-electron chi connectivity index (χ2n) is 3.45. The standard InChI is InChI=1S/C8H16O3/c1-4-6-5(2)8(3,10)7(9)11-6/h5-7,9-10H,4H2,1-3H3/t5-,6-,7?,8+/m1/s1. The highest BCUT2D eigenvalue weighted by atomic mass is 16.6. The summed E-state index contributed by atoms with van der Waals surface area (Å²) < 4.78 is 5.14. The molecule has 1 aliphatic heterocycles. The molecule has 1 heterocycles. The van der Waals surface area contributed by atoms with Gasteiger partial charge in [-0.3, -0.25) is 0 Å². The van der Waals surface area contributed by atoms with Crippen LogP contribution in [0.4, 0.5) is 0 Å². The van der Waals surface area contributed by atoms with Crippen molar-refractivity contribution in [2.45, 2.75) is 45.2 Å². The predicted octanol–water partition coefficient (Wildman–Crippen LogP) is 0.501. The Balaban J connectivity index is 2.71. The van der Waals surface area contributed by atoms with Crippen molar-refractivity contribution in [3.8, 4) is 0 Å². The number of ether oxygens (including phenoxy) is 1. The minimum absolute atomic E-state index is 0.00231. The summed E-state index contributed by atoms with van der Waals surface area (Å²) in [6.07, 6.45) is -0.212. The monoisotopic (exact) mass is 160 g/mol. The molecular formula is C8H16O3. The molecule has 1 fully saturated rings. The summed E-state index contributed by atoms with van der Waals surface area (Å²) in [5, 5.41) is 18.9. The molecule has 3 nitrogen and oxygen atoms in total. The van der Waals surface area contributed by atoms with Crippen LogP contribution in [0.5, 0.6) is 0 Å². The highest BCUT2D eigenvalue weighted by molar-refractivity contribution is 4.92. The second-order valence-corrected chi connectivity index (χ2v) is 3.45. The summed E-state index contributed by atoms with van der Waals surface area (Å²) in [4.78, 5) is 0. The van der Waals surface area contributed by atoms with E-state index in [1.54, 1.807) is 6.92 Å². The highest BCUT2D eigenvalue weighted by Crippen LogP contribution is 2.35. The van der Waals surface area contributed by atoms with E-state index in [-0.39, 0.29) is 12.0 Å². The van der Waals surface area contributed by atoms with Crippen LogP contribution in [0.1, 0.15) is 27.2 Å². The van der Waals surface area contributed by atoms with E-state index in [4.69, 9.17) is 4.74 Å². The Labute approximate surface area is 67.0 Å². The third-order valence-electron chi connectivity index (χ3n) is 2.69. The van der Waals surface area contributed by atoms with E-state index >= 15 is 0 Å². The van der Waals surface area contributed by atoms with Crippen LogP contribution in [0.15, 0.2) is 0 Å². The van der Waals surface area contributed by atoms with Crippen LogP contribution in [-0.2, 0) is 4.74 Å². The molecule has 4 atom stereocenters. The van der Waals surface area contributed by atoms with Crippen LogP contribution in [0.25, 0.3) is 0 Å². The molecule has 0 spiro atoms. The normalized spacial score (nSPS) is 51.5. The molecule has 0 amide bonds. The third-order valence-corrected chi connectivity index (χ3v) is 2.69. The molecular weight excluding hydrogens is 144 g/mol. The molecule has 11 heavy (non-hydrogen) atoms. The van der Waals surface area contributed by atoms with E-state index in [0.29, 0.717) is 0 Å². The lowest BCUT2D eigenvalue weighted by Crippen LogP contribution is -2.39. The molecule has 1 rings (SSSR count). The van der Waals surface area contributed by atoms with Gasteiger partial charge >= 0.3 is 0 Å².